The van der Waals surface area contributed by atoms with Crippen molar-refractivity contribution in [2.75, 3.05) is 31.3 Å². The molecule has 132 valence electrons. The van der Waals surface area contributed by atoms with Gasteiger partial charge in [-0.3, -0.25) is 4.79 Å². The highest BCUT2D eigenvalue weighted by atomic mass is 32.2. The van der Waals surface area contributed by atoms with Crippen LogP contribution >= 0.6 is 0 Å². The van der Waals surface area contributed by atoms with Gasteiger partial charge in [-0.15, -0.1) is 0 Å². The first-order chi connectivity index (χ1) is 11.3. The van der Waals surface area contributed by atoms with Crippen LogP contribution in [-0.2, 0) is 26.2 Å². The van der Waals surface area contributed by atoms with Gasteiger partial charge in [-0.25, -0.2) is 17.5 Å². The molecule has 1 amide bonds. The van der Waals surface area contributed by atoms with Crippen molar-refractivity contribution in [3.8, 4) is 0 Å². The van der Waals surface area contributed by atoms with Crippen molar-refractivity contribution in [2.45, 2.75) is 19.4 Å². The second-order valence-electron chi connectivity index (χ2n) is 5.52. The van der Waals surface area contributed by atoms with E-state index in [1.807, 2.05) is 0 Å². The molecule has 1 aliphatic heterocycles. The molecule has 1 aliphatic rings. The number of ether oxygens (including phenoxy) is 1. The summed E-state index contributed by atoms with van der Waals surface area (Å²) in [5, 5.41) is 11.7. The van der Waals surface area contributed by atoms with Crippen LogP contribution in [0.3, 0.4) is 0 Å². The number of nitrogens with one attached hydrogen (secondary N) is 1. The smallest absolute Gasteiger partial charge is 0.335 e. The average Bonchev–Trinajstić information content (AvgIpc) is 2.84. The van der Waals surface area contributed by atoms with Crippen LogP contribution in [0.15, 0.2) is 18.2 Å². The molecule has 0 aliphatic carbocycles. The highest BCUT2D eigenvalue weighted by Crippen LogP contribution is 2.17. The number of methoxy groups -OCH3 is 1. The number of sulfonamides is 1. The molecule has 1 aromatic rings. The minimum atomic E-state index is -3.23. The second kappa shape index (κ2) is 7.73. The maximum atomic E-state index is 12.0. The molecule has 0 saturated carbocycles. The van der Waals surface area contributed by atoms with E-state index < -0.39 is 16.0 Å². The summed E-state index contributed by atoms with van der Waals surface area (Å²) in [6.07, 6.45) is 0.584. The molecular formula is C15H20N2O6S. The maximum Gasteiger partial charge on any atom is 0.335 e. The first-order valence-corrected chi connectivity index (χ1v) is 9.06. The van der Waals surface area contributed by atoms with Gasteiger partial charge < -0.3 is 15.2 Å². The van der Waals surface area contributed by atoms with Gasteiger partial charge in [-0.1, -0.05) is 0 Å². The summed E-state index contributed by atoms with van der Waals surface area (Å²) in [7, 11) is -1.74. The van der Waals surface area contributed by atoms with E-state index >= 15 is 0 Å². The van der Waals surface area contributed by atoms with Gasteiger partial charge in [0.25, 0.3) is 0 Å². The van der Waals surface area contributed by atoms with Gasteiger partial charge in [-0.2, -0.15) is 0 Å². The van der Waals surface area contributed by atoms with Crippen LogP contribution in [0.2, 0.25) is 0 Å². The zero-order valence-electron chi connectivity index (χ0n) is 13.3. The fourth-order valence-electron chi connectivity index (χ4n) is 2.53. The summed E-state index contributed by atoms with van der Waals surface area (Å²) >= 11 is 0. The van der Waals surface area contributed by atoms with Crippen molar-refractivity contribution >= 4 is 27.6 Å². The third-order valence-corrected chi connectivity index (χ3v) is 5.58. The molecule has 0 unspecified atom stereocenters. The summed E-state index contributed by atoms with van der Waals surface area (Å²) in [4.78, 5) is 23.2. The maximum absolute atomic E-state index is 12.0. The van der Waals surface area contributed by atoms with Crippen LogP contribution in [-0.4, -0.2) is 55.7 Å². The molecule has 0 radical (unpaired) electrons. The molecule has 1 heterocycles. The van der Waals surface area contributed by atoms with Gasteiger partial charge in [0, 0.05) is 32.3 Å². The van der Waals surface area contributed by atoms with E-state index in [1.165, 1.54) is 23.5 Å². The molecule has 2 rings (SSSR count). The highest BCUT2D eigenvalue weighted by Gasteiger charge is 2.28. The largest absolute Gasteiger partial charge is 0.478 e. The topological polar surface area (TPSA) is 113 Å². The Morgan fingerprint density at radius 1 is 1.33 bits per heavy atom. The Morgan fingerprint density at radius 3 is 2.67 bits per heavy atom. The lowest BCUT2D eigenvalue weighted by Crippen LogP contribution is -2.29. The minimum Gasteiger partial charge on any atom is -0.478 e. The fourth-order valence-corrected chi connectivity index (χ4v) is 4.06. The Morgan fingerprint density at radius 2 is 2.08 bits per heavy atom. The number of hydrogen-bond donors (Lipinski definition) is 2. The quantitative estimate of drug-likeness (QED) is 0.750. The molecule has 0 aromatic heterocycles. The lowest BCUT2D eigenvalue weighted by molar-refractivity contribution is -0.116. The van der Waals surface area contributed by atoms with Crippen LogP contribution in [0, 0.1) is 0 Å². The number of nitrogens with zero attached hydrogens (tertiary/aromatic N) is 1. The molecule has 0 bridgehead atoms. The number of carbonyl (C=O) groups is 2. The fraction of sp³-hybridized carbons (Fsp3) is 0.467. The molecule has 2 N–H and O–H groups in total. The van der Waals surface area contributed by atoms with E-state index in [0.717, 1.165) is 0 Å². The van der Waals surface area contributed by atoms with Crippen LogP contribution in [0.1, 0.15) is 28.8 Å². The summed E-state index contributed by atoms with van der Waals surface area (Å²) in [5.74, 6) is -1.36. The molecule has 1 fully saturated rings. The van der Waals surface area contributed by atoms with Gasteiger partial charge in [0.15, 0.2) is 0 Å². The van der Waals surface area contributed by atoms with E-state index in [4.69, 9.17) is 9.84 Å². The summed E-state index contributed by atoms with van der Waals surface area (Å²) in [6, 6.07) is 4.45. The molecule has 0 atom stereocenters. The van der Waals surface area contributed by atoms with Gasteiger partial charge in [0.1, 0.15) is 0 Å². The first-order valence-electron chi connectivity index (χ1n) is 7.45. The number of rotatable bonds is 7. The summed E-state index contributed by atoms with van der Waals surface area (Å²) in [5.41, 5.74) is 1.01. The molecule has 24 heavy (non-hydrogen) atoms. The van der Waals surface area contributed by atoms with Crippen LogP contribution < -0.4 is 5.32 Å². The Bertz CT molecular complexity index is 731. The van der Waals surface area contributed by atoms with Gasteiger partial charge >= 0.3 is 5.97 Å². The van der Waals surface area contributed by atoms with Crippen LogP contribution in [0.5, 0.6) is 0 Å². The van der Waals surface area contributed by atoms with Gasteiger partial charge in [0.2, 0.25) is 15.9 Å². The number of benzene rings is 1. The SMILES string of the molecule is COCc1cc(NC(=O)CCN2CCCS2(=O)=O)cc(C(=O)O)c1. The van der Waals surface area contributed by atoms with Crippen molar-refractivity contribution in [2.24, 2.45) is 0 Å². The average molecular weight is 356 g/mol. The number of carboxylic acids is 1. The number of aromatic carboxylic acids is 1. The van der Waals surface area contributed by atoms with Crippen molar-refractivity contribution < 1.29 is 27.9 Å². The van der Waals surface area contributed by atoms with Crippen molar-refractivity contribution in [1.82, 2.24) is 4.31 Å². The third-order valence-electron chi connectivity index (χ3n) is 3.63. The Labute approximate surface area is 140 Å². The van der Waals surface area contributed by atoms with Gasteiger partial charge in [-0.05, 0) is 30.2 Å². The highest BCUT2D eigenvalue weighted by molar-refractivity contribution is 7.89. The standard InChI is InChI=1S/C15H20N2O6S/c1-23-10-11-7-12(15(19)20)9-13(8-11)16-14(18)3-5-17-4-2-6-24(17,21)22/h7-9H,2-6,10H2,1H3,(H,16,18)(H,19,20). The Balaban J connectivity index is 2.01. The number of carboxylic acid groups (broad SMARTS) is 1. The lowest BCUT2D eigenvalue weighted by atomic mass is 10.1. The summed E-state index contributed by atoms with van der Waals surface area (Å²) < 4.78 is 29.7. The second-order valence-corrected chi connectivity index (χ2v) is 7.61. The predicted octanol–water partition coefficient (Wildman–Crippen LogP) is 0.895. The number of anilines is 1. The van der Waals surface area contributed by atoms with Crippen molar-refractivity contribution in [3.05, 3.63) is 29.3 Å². The first kappa shape index (κ1) is 18.4. The Hall–Kier alpha value is -1.97. The molecule has 8 nitrogen and oxygen atoms in total. The minimum absolute atomic E-state index is 0.0101. The zero-order valence-corrected chi connectivity index (χ0v) is 14.1. The van der Waals surface area contributed by atoms with E-state index in [9.17, 15) is 18.0 Å². The van der Waals surface area contributed by atoms with E-state index in [0.29, 0.717) is 24.2 Å². The normalized spacial score (nSPS) is 16.9. The Kier molecular flexibility index (Phi) is 5.92. The van der Waals surface area contributed by atoms with Crippen molar-refractivity contribution in [1.29, 1.82) is 0 Å². The number of hydrogen-bond acceptors (Lipinski definition) is 5. The molecule has 1 saturated heterocycles. The van der Waals surface area contributed by atoms with E-state index in [1.54, 1.807) is 6.07 Å². The van der Waals surface area contributed by atoms with Crippen LogP contribution in [0.4, 0.5) is 5.69 Å². The molecule has 9 heteroatoms. The summed E-state index contributed by atoms with van der Waals surface area (Å²) in [6.45, 7) is 0.774. The molecule has 0 spiro atoms. The van der Waals surface area contributed by atoms with Crippen LogP contribution in [0.25, 0.3) is 0 Å². The number of carbonyl (C=O) groups excluding carboxylic acids is 1. The molecular weight excluding hydrogens is 336 g/mol. The van der Waals surface area contributed by atoms with Gasteiger partial charge in [0.05, 0.1) is 17.9 Å². The zero-order chi connectivity index (χ0) is 17.7. The third kappa shape index (κ3) is 4.76. The predicted molar refractivity (Wildman–Crippen MR) is 87.3 cm³/mol. The lowest BCUT2D eigenvalue weighted by Gasteiger charge is -2.14. The van der Waals surface area contributed by atoms with E-state index in [-0.39, 0.29) is 36.8 Å². The molecule has 1 aromatic carbocycles. The van der Waals surface area contributed by atoms with Crippen molar-refractivity contribution in [3.63, 3.8) is 0 Å². The van der Waals surface area contributed by atoms with E-state index in [2.05, 4.69) is 5.32 Å². The number of amides is 1. The monoisotopic (exact) mass is 356 g/mol.